The Balaban J connectivity index is 1.66. The lowest BCUT2D eigenvalue weighted by atomic mass is 10.1. The van der Waals surface area contributed by atoms with E-state index >= 15 is 0 Å². The highest BCUT2D eigenvalue weighted by Crippen LogP contribution is 2.26. The molecule has 202 valence electrons. The van der Waals surface area contributed by atoms with Crippen molar-refractivity contribution in [3.05, 3.63) is 69.4 Å². The van der Waals surface area contributed by atoms with E-state index in [-0.39, 0.29) is 36.5 Å². The monoisotopic (exact) mass is 527 g/mol. The fourth-order valence-corrected chi connectivity index (χ4v) is 4.29. The molecule has 38 heavy (non-hydrogen) atoms. The summed E-state index contributed by atoms with van der Waals surface area (Å²) in [5, 5.41) is 22.9. The normalized spacial score (nSPS) is 13.9. The highest BCUT2D eigenvalue weighted by Gasteiger charge is 2.24. The van der Waals surface area contributed by atoms with Gasteiger partial charge in [-0.1, -0.05) is 12.1 Å². The number of carbonyl (C=O) groups is 2. The van der Waals surface area contributed by atoms with Crippen molar-refractivity contribution in [1.29, 1.82) is 0 Å². The number of hydrogen-bond donors (Lipinski definition) is 3. The van der Waals surface area contributed by atoms with Crippen molar-refractivity contribution in [2.75, 3.05) is 53.0 Å². The highest BCUT2D eigenvalue weighted by molar-refractivity contribution is 6.01. The molecule has 0 bridgehead atoms. The number of fused-ring (bicyclic) bond motifs is 1. The van der Waals surface area contributed by atoms with Crippen LogP contribution in [0.4, 0.5) is 9.18 Å². The predicted molar refractivity (Wildman–Crippen MR) is 137 cm³/mol. The Hall–Kier alpha value is -4.03. The van der Waals surface area contributed by atoms with Crippen molar-refractivity contribution < 1.29 is 28.9 Å². The average Bonchev–Trinajstić information content (AvgIpc) is 2.90. The van der Waals surface area contributed by atoms with E-state index in [4.69, 9.17) is 4.74 Å². The average molecular weight is 528 g/mol. The Labute approximate surface area is 218 Å². The molecule has 0 radical (unpaired) electrons. The number of nitrogens with one attached hydrogen (secondary N) is 1. The van der Waals surface area contributed by atoms with Crippen molar-refractivity contribution in [3.63, 3.8) is 0 Å². The SMILES string of the molecule is CN(CCn1c(=O)c(C(=O)NCCN2CCOCC2)c(O)c2ncc(Cc3ccc(F)cc3)cc21)C(=O)O. The minimum Gasteiger partial charge on any atom is -0.505 e. The molecule has 3 N–H and O–H groups in total. The van der Waals surface area contributed by atoms with Crippen LogP contribution in [0.2, 0.25) is 0 Å². The molecule has 0 spiro atoms. The molecule has 11 nitrogen and oxygen atoms in total. The van der Waals surface area contributed by atoms with Gasteiger partial charge in [-0.2, -0.15) is 0 Å². The predicted octanol–water partition coefficient (Wildman–Crippen LogP) is 1.50. The van der Waals surface area contributed by atoms with E-state index in [9.17, 15) is 29.0 Å². The van der Waals surface area contributed by atoms with Crippen LogP contribution in [0, 0.1) is 5.82 Å². The van der Waals surface area contributed by atoms with Crippen molar-refractivity contribution in [2.45, 2.75) is 13.0 Å². The summed E-state index contributed by atoms with van der Waals surface area (Å²) in [6.45, 7) is 3.45. The van der Waals surface area contributed by atoms with E-state index in [1.807, 2.05) is 0 Å². The summed E-state index contributed by atoms with van der Waals surface area (Å²) in [7, 11) is 1.37. The van der Waals surface area contributed by atoms with Gasteiger partial charge < -0.3 is 29.7 Å². The third-order valence-electron chi connectivity index (χ3n) is 6.49. The van der Waals surface area contributed by atoms with Gasteiger partial charge >= 0.3 is 6.09 Å². The summed E-state index contributed by atoms with van der Waals surface area (Å²) in [5.41, 5.74) is 0.604. The molecule has 2 aromatic heterocycles. The number of nitrogens with zero attached hydrogens (tertiary/aromatic N) is 4. The van der Waals surface area contributed by atoms with E-state index < -0.39 is 28.9 Å². The number of hydrogen-bond acceptors (Lipinski definition) is 7. The quantitative estimate of drug-likeness (QED) is 0.381. The van der Waals surface area contributed by atoms with Crippen LogP contribution in [0.3, 0.4) is 0 Å². The fourth-order valence-electron chi connectivity index (χ4n) is 4.29. The maximum atomic E-state index is 13.5. The van der Waals surface area contributed by atoms with Crippen LogP contribution >= 0.6 is 0 Å². The zero-order valence-corrected chi connectivity index (χ0v) is 21.0. The highest BCUT2D eigenvalue weighted by atomic mass is 19.1. The number of aromatic hydroxyl groups is 1. The number of pyridine rings is 2. The van der Waals surface area contributed by atoms with Gasteiger partial charge in [0.1, 0.15) is 16.9 Å². The van der Waals surface area contributed by atoms with Crippen molar-refractivity contribution in [3.8, 4) is 5.75 Å². The largest absolute Gasteiger partial charge is 0.505 e. The topological polar surface area (TPSA) is 137 Å². The van der Waals surface area contributed by atoms with Gasteiger partial charge in [-0.15, -0.1) is 0 Å². The Kier molecular flexibility index (Phi) is 8.54. The Morgan fingerprint density at radius 3 is 2.55 bits per heavy atom. The maximum Gasteiger partial charge on any atom is 0.407 e. The third kappa shape index (κ3) is 6.26. The van der Waals surface area contributed by atoms with Crippen molar-refractivity contribution in [2.24, 2.45) is 0 Å². The van der Waals surface area contributed by atoms with Gasteiger partial charge in [-0.25, -0.2) is 9.18 Å². The van der Waals surface area contributed by atoms with Crippen LogP contribution in [-0.2, 0) is 17.7 Å². The summed E-state index contributed by atoms with van der Waals surface area (Å²) in [6.07, 6.45) is 0.734. The molecule has 1 fully saturated rings. The van der Waals surface area contributed by atoms with Gasteiger partial charge in [-0.3, -0.25) is 19.5 Å². The van der Waals surface area contributed by atoms with E-state index in [0.29, 0.717) is 31.7 Å². The zero-order chi connectivity index (χ0) is 27.2. The molecule has 1 aliphatic rings. The van der Waals surface area contributed by atoms with Gasteiger partial charge in [0.2, 0.25) is 0 Å². The standard InChI is InChI=1S/C26H30FN5O6/c1-30(26(36)37)8-9-32-20-15-18(14-17-2-4-19(27)5-3-17)16-29-22(20)23(33)21(25(32)35)24(34)28-6-7-31-10-12-38-13-11-31/h2-5,15-16,33H,6-14H2,1H3,(H,28,34)(H,36,37). The number of morpholine rings is 1. The zero-order valence-electron chi connectivity index (χ0n) is 21.0. The second-order valence-electron chi connectivity index (χ2n) is 9.11. The number of carbonyl (C=O) groups excluding carboxylic acids is 1. The molecule has 3 aromatic rings. The minimum absolute atomic E-state index is 0.0323. The number of amides is 2. The first-order valence-electron chi connectivity index (χ1n) is 12.3. The number of rotatable bonds is 9. The molecule has 0 atom stereocenters. The Bertz CT molecular complexity index is 1370. The molecule has 1 saturated heterocycles. The lowest BCUT2D eigenvalue weighted by Crippen LogP contribution is -2.42. The first-order valence-corrected chi connectivity index (χ1v) is 12.3. The molecular formula is C26H30FN5O6. The molecule has 0 saturated carbocycles. The van der Waals surface area contributed by atoms with E-state index in [1.165, 1.54) is 29.9 Å². The molecular weight excluding hydrogens is 497 g/mol. The molecule has 4 rings (SSSR count). The van der Waals surface area contributed by atoms with Gasteiger partial charge in [-0.05, 0) is 35.7 Å². The number of likely N-dealkylation sites (N-methyl/N-ethyl adjacent to an activating group) is 1. The maximum absolute atomic E-state index is 13.5. The van der Waals surface area contributed by atoms with Gasteiger partial charge in [0.15, 0.2) is 5.75 Å². The second-order valence-corrected chi connectivity index (χ2v) is 9.11. The molecule has 0 aliphatic carbocycles. The fraction of sp³-hybridized carbons (Fsp3) is 0.385. The van der Waals surface area contributed by atoms with Crippen LogP contribution < -0.4 is 10.9 Å². The summed E-state index contributed by atoms with van der Waals surface area (Å²) in [5.74, 6) is -1.63. The molecule has 2 amide bonds. The lowest BCUT2D eigenvalue weighted by Gasteiger charge is -2.26. The third-order valence-corrected chi connectivity index (χ3v) is 6.49. The van der Waals surface area contributed by atoms with Crippen LogP contribution in [0.15, 0.2) is 41.3 Å². The molecule has 3 heterocycles. The van der Waals surface area contributed by atoms with Crippen LogP contribution in [-0.4, -0.2) is 94.5 Å². The van der Waals surface area contributed by atoms with E-state index in [1.54, 1.807) is 18.2 Å². The van der Waals surface area contributed by atoms with E-state index in [0.717, 1.165) is 23.6 Å². The van der Waals surface area contributed by atoms with E-state index in [2.05, 4.69) is 15.2 Å². The smallest absolute Gasteiger partial charge is 0.407 e. The minimum atomic E-state index is -1.17. The summed E-state index contributed by atoms with van der Waals surface area (Å²) in [6, 6.07) is 7.62. The summed E-state index contributed by atoms with van der Waals surface area (Å²) >= 11 is 0. The second kappa shape index (κ2) is 12.0. The number of ether oxygens (including phenoxy) is 1. The van der Waals surface area contributed by atoms with Crippen LogP contribution in [0.5, 0.6) is 5.75 Å². The molecule has 0 unspecified atom stereocenters. The summed E-state index contributed by atoms with van der Waals surface area (Å²) < 4.78 is 19.9. The molecule has 12 heteroatoms. The Morgan fingerprint density at radius 2 is 1.87 bits per heavy atom. The lowest BCUT2D eigenvalue weighted by molar-refractivity contribution is 0.0383. The van der Waals surface area contributed by atoms with Gasteiger partial charge in [0, 0.05) is 52.5 Å². The van der Waals surface area contributed by atoms with Gasteiger partial charge in [0.25, 0.3) is 11.5 Å². The number of benzene rings is 1. The first kappa shape index (κ1) is 27.0. The van der Waals surface area contributed by atoms with Crippen molar-refractivity contribution >= 4 is 23.0 Å². The number of halogens is 1. The van der Waals surface area contributed by atoms with Crippen LogP contribution in [0.1, 0.15) is 21.5 Å². The van der Waals surface area contributed by atoms with Crippen molar-refractivity contribution in [1.82, 2.24) is 24.7 Å². The van der Waals surface area contributed by atoms with Gasteiger partial charge in [0.05, 0.1) is 18.7 Å². The molecule has 1 aliphatic heterocycles. The summed E-state index contributed by atoms with van der Waals surface area (Å²) in [4.78, 5) is 45.3. The number of carboxylic acid groups (broad SMARTS) is 1. The Morgan fingerprint density at radius 1 is 1.16 bits per heavy atom. The first-order chi connectivity index (χ1) is 18.2. The number of aromatic nitrogens is 2. The van der Waals surface area contributed by atoms with Crippen LogP contribution in [0.25, 0.3) is 11.0 Å². The molecule has 1 aromatic carbocycles.